The van der Waals surface area contributed by atoms with E-state index in [4.69, 9.17) is 4.74 Å². The number of carbonyl (C=O) groups excluding carboxylic acids is 2. The summed E-state index contributed by atoms with van der Waals surface area (Å²) in [5.41, 5.74) is 2.17. The quantitative estimate of drug-likeness (QED) is 0.445. The minimum Gasteiger partial charge on any atom is -0.508 e. The maximum absolute atomic E-state index is 13.2. The highest BCUT2D eigenvalue weighted by Gasteiger charge is 2.49. The fourth-order valence-corrected chi connectivity index (χ4v) is 5.10. The first-order valence-corrected chi connectivity index (χ1v) is 10.9. The molecular formula is C25H25NO5. The van der Waals surface area contributed by atoms with Gasteiger partial charge in [0.05, 0.1) is 18.2 Å². The van der Waals surface area contributed by atoms with E-state index in [-0.39, 0.29) is 23.1 Å². The molecule has 1 unspecified atom stereocenters. The zero-order valence-electron chi connectivity index (χ0n) is 17.2. The zero-order chi connectivity index (χ0) is 21.5. The largest absolute Gasteiger partial charge is 0.508 e. The number of phenols is 1. The Labute approximate surface area is 180 Å². The maximum atomic E-state index is 13.2. The lowest BCUT2D eigenvalue weighted by atomic mass is 9.90. The van der Waals surface area contributed by atoms with E-state index in [1.807, 2.05) is 6.07 Å². The Morgan fingerprint density at radius 3 is 2.61 bits per heavy atom. The number of hydrogen-bond acceptors (Lipinski definition) is 5. The van der Waals surface area contributed by atoms with Gasteiger partial charge < -0.3 is 19.8 Å². The summed E-state index contributed by atoms with van der Waals surface area (Å²) in [6.07, 6.45) is 5.53. The number of benzene rings is 2. The normalized spacial score (nSPS) is 23.1. The SMILES string of the molecule is O=C1C(=O)N(C2CCCCC2)C(c2cccc(O)c2)/C1=C(/O)c1ccc2c(c1)CCO2. The van der Waals surface area contributed by atoms with Crippen LogP contribution in [0, 0.1) is 0 Å². The van der Waals surface area contributed by atoms with Crippen molar-refractivity contribution < 1.29 is 24.5 Å². The van der Waals surface area contributed by atoms with Gasteiger partial charge in [-0.25, -0.2) is 0 Å². The maximum Gasteiger partial charge on any atom is 0.295 e. The Morgan fingerprint density at radius 2 is 1.84 bits per heavy atom. The van der Waals surface area contributed by atoms with Crippen molar-refractivity contribution in [1.29, 1.82) is 0 Å². The van der Waals surface area contributed by atoms with E-state index in [1.165, 1.54) is 0 Å². The van der Waals surface area contributed by atoms with E-state index in [0.29, 0.717) is 17.7 Å². The molecule has 6 heteroatoms. The number of Topliss-reactive ketones (excluding diaryl/α,β-unsaturated/α-hetero) is 1. The molecule has 2 aromatic rings. The second-order valence-electron chi connectivity index (χ2n) is 8.51. The third-order valence-corrected chi connectivity index (χ3v) is 6.60. The summed E-state index contributed by atoms with van der Waals surface area (Å²) in [7, 11) is 0. The van der Waals surface area contributed by atoms with Crippen LogP contribution in [0.15, 0.2) is 48.0 Å². The van der Waals surface area contributed by atoms with Crippen LogP contribution in [0.1, 0.15) is 54.8 Å². The van der Waals surface area contributed by atoms with Gasteiger partial charge in [0.15, 0.2) is 0 Å². The van der Waals surface area contributed by atoms with E-state index >= 15 is 0 Å². The van der Waals surface area contributed by atoms with E-state index in [9.17, 15) is 19.8 Å². The molecule has 2 fully saturated rings. The number of amides is 1. The second kappa shape index (κ2) is 7.76. The highest BCUT2D eigenvalue weighted by Crippen LogP contribution is 2.44. The van der Waals surface area contributed by atoms with Crippen molar-refractivity contribution in [3.63, 3.8) is 0 Å². The number of carbonyl (C=O) groups is 2. The zero-order valence-corrected chi connectivity index (χ0v) is 17.2. The lowest BCUT2D eigenvalue weighted by Gasteiger charge is -2.35. The minimum absolute atomic E-state index is 0.0569. The van der Waals surface area contributed by atoms with Gasteiger partial charge in [0, 0.05) is 18.0 Å². The highest BCUT2D eigenvalue weighted by atomic mass is 16.5. The van der Waals surface area contributed by atoms with Crippen LogP contribution >= 0.6 is 0 Å². The molecule has 0 bridgehead atoms. The van der Waals surface area contributed by atoms with Crippen LogP contribution in [0.5, 0.6) is 11.5 Å². The van der Waals surface area contributed by atoms with E-state index in [1.54, 1.807) is 41.3 Å². The number of aliphatic hydroxyl groups is 1. The molecule has 2 aliphatic heterocycles. The van der Waals surface area contributed by atoms with Gasteiger partial charge in [0.1, 0.15) is 17.3 Å². The summed E-state index contributed by atoms with van der Waals surface area (Å²) in [6.45, 7) is 0.592. The standard InChI is InChI=1S/C25H25NO5/c27-19-8-4-5-16(14-19)22-21(23(28)17-9-10-20-15(13-17)11-12-31-20)24(29)25(30)26(22)18-6-2-1-3-7-18/h4-5,8-10,13-14,18,22,27-28H,1-3,6-7,11-12H2/b23-21-. The molecule has 6 nitrogen and oxygen atoms in total. The fourth-order valence-electron chi connectivity index (χ4n) is 5.10. The van der Waals surface area contributed by atoms with Gasteiger partial charge in [0.2, 0.25) is 0 Å². The molecule has 5 rings (SSSR count). The molecule has 0 aromatic heterocycles. The van der Waals surface area contributed by atoms with E-state index < -0.39 is 17.7 Å². The predicted octanol–water partition coefficient (Wildman–Crippen LogP) is 4.08. The van der Waals surface area contributed by atoms with Crippen molar-refractivity contribution in [3.05, 3.63) is 64.7 Å². The van der Waals surface area contributed by atoms with Gasteiger partial charge >= 0.3 is 0 Å². The molecule has 2 heterocycles. The number of hydrogen-bond donors (Lipinski definition) is 2. The molecule has 1 saturated carbocycles. The van der Waals surface area contributed by atoms with Crippen LogP contribution in [0.2, 0.25) is 0 Å². The number of nitrogens with zero attached hydrogens (tertiary/aromatic N) is 1. The molecule has 0 radical (unpaired) electrons. The second-order valence-corrected chi connectivity index (χ2v) is 8.51. The first kappa shape index (κ1) is 19.7. The van der Waals surface area contributed by atoms with Crippen molar-refractivity contribution >= 4 is 17.4 Å². The van der Waals surface area contributed by atoms with Crippen molar-refractivity contribution in [1.82, 2.24) is 4.90 Å². The number of ether oxygens (including phenoxy) is 1. The average molecular weight is 419 g/mol. The van der Waals surface area contributed by atoms with Gasteiger partial charge in [-0.05, 0) is 54.3 Å². The molecule has 0 spiro atoms. The van der Waals surface area contributed by atoms with Crippen LogP contribution in [0.25, 0.3) is 5.76 Å². The number of aromatic hydroxyl groups is 1. The number of fused-ring (bicyclic) bond motifs is 1. The smallest absolute Gasteiger partial charge is 0.295 e. The Kier molecular flexibility index (Phi) is 4.93. The fraction of sp³-hybridized carbons (Fsp3) is 0.360. The van der Waals surface area contributed by atoms with Crippen molar-refractivity contribution in [2.24, 2.45) is 0 Å². The summed E-state index contributed by atoms with van der Waals surface area (Å²) >= 11 is 0. The molecule has 3 aliphatic rings. The van der Waals surface area contributed by atoms with Crippen LogP contribution in [0.4, 0.5) is 0 Å². The topological polar surface area (TPSA) is 87.1 Å². The number of rotatable bonds is 3. The lowest BCUT2D eigenvalue weighted by molar-refractivity contribution is -0.141. The van der Waals surface area contributed by atoms with Crippen LogP contribution in [0.3, 0.4) is 0 Å². The Bertz CT molecular complexity index is 1080. The summed E-state index contributed by atoms with van der Waals surface area (Å²) in [4.78, 5) is 28.0. The number of phenolic OH excluding ortho intramolecular Hbond substituents is 1. The van der Waals surface area contributed by atoms with Gasteiger partial charge in [-0.1, -0.05) is 31.4 Å². The first-order valence-electron chi connectivity index (χ1n) is 10.9. The predicted molar refractivity (Wildman–Crippen MR) is 115 cm³/mol. The molecular weight excluding hydrogens is 394 g/mol. The van der Waals surface area contributed by atoms with Crippen molar-refractivity contribution in [2.75, 3.05) is 6.61 Å². The van der Waals surface area contributed by atoms with Crippen LogP contribution < -0.4 is 4.74 Å². The molecule has 2 N–H and O–H groups in total. The summed E-state index contributed by atoms with van der Waals surface area (Å²) in [6, 6.07) is 11.1. The van der Waals surface area contributed by atoms with Crippen LogP contribution in [-0.4, -0.2) is 39.5 Å². The van der Waals surface area contributed by atoms with E-state index in [2.05, 4.69) is 0 Å². The molecule has 1 saturated heterocycles. The lowest BCUT2D eigenvalue weighted by Crippen LogP contribution is -2.40. The van der Waals surface area contributed by atoms with Gasteiger partial charge in [-0.3, -0.25) is 9.59 Å². The number of ketones is 1. The Morgan fingerprint density at radius 1 is 1.03 bits per heavy atom. The molecule has 1 aliphatic carbocycles. The van der Waals surface area contributed by atoms with Gasteiger partial charge in [0.25, 0.3) is 11.7 Å². The van der Waals surface area contributed by atoms with Crippen LogP contribution in [-0.2, 0) is 16.0 Å². The molecule has 160 valence electrons. The number of likely N-dealkylation sites (tertiary alicyclic amines) is 1. The molecule has 1 atom stereocenters. The third kappa shape index (κ3) is 3.36. The van der Waals surface area contributed by atoms with Gasteiger partial charge in [-0.2, -0.15) is 0 Å². The highest BCUT2D eigenvalue weighted by molar-refractivity contribution is 6.46. The summed E-state index contributed by atoms with van der Waals surface area (Å²) in [5.74, 6) is -0.593. The third-order valence-electron chi connectivity index (χ3n) is 6.60. The van der Waals surface area contributed by atoms with Gasteiger partial charge in [-0.15, -0.1) is 0 Å². The summed E-state index contributed by atoms with van der Waals surface area (Å²) < 4.78 is 5.54. The minimum atomic E-state index is -0.722. The monoisotopic (exact) mass is 419 g/mol. The molecule has 2 aromatic carbocycles. The van der Waals surface area contributed by atoms with Crippen molar-refractivity contribution in [2.45, 2.75) is 50.6 Å². The Hall–Kier alpha value is -3.28. The number of aliphatic hydroxyl groups excluding tert-OH is 1. The average Bonchev–Trinajstić information content (AvgIpc) is 3.36. The molecule has 1 amide bonds. The first-order chi connectivity index (χ1) is 15.0. The Balaban J connectivity index is 1.65. The van der Waals surface area contributed by atoms with Crippen molar-refractivity contribution in [3.8, 4) is 11.5 Å². The summed E-state index contributed by atoms with van der Waals surface area (Å²) in [5, 5.41) is 21.3. The van der Waals surface area contributed by atoms with E-state index in [0.717, 1.165) is 49.8 Å². The molecule has 31 heavy (non-hydrogen) atoms.